The van der Waals surface area contributed by atoms with Crippen molar-refractivity contribution in [1.82, 2.24) is 0 Å². The molecule has 1 N–H and O–H groups in total. The molecular formula is C14H11Br3FN. The standard InChI is InChI=1S/C14H11Br3FN/c1-8-4-12(17)13(18)6-14(8)19-7-9-2-3-10(15)11(16)5-9/h2-6,19H,7H2,1H3. The number of anilines is 1. The van der Waals surface area contributed by atoms with Gasteiger partial charge in [-0.1, -0.05) is 6.07 Å². The van der Waals surface area contributed by atoms with E-state index < -0.39 is 0 Å². The van der Waals surface area contributed by atoms with Crippen LogP contribution in [-0.4, -0.2) is 0 Å². The van der Waals surface area contributed by atoms with Gasteiger partial charge in [0.25, 0.3) is 0 Å². The summed E-state index contributed by atoms with van der Waals surface area (Å²) >= 11 is 10.1. The molecule has 0 unspecified atom stereocenters. The zero-order valence-corrected chi connectivity index (χ0v) is 14.9. The van der Waals surface area contributed by atoms with E-state index in [0.29, 0.717) is 11.0 Å². The maximum absolute atomic E-state index is 13.5. The number of halogens is 4. The third-order valence-electron chi connectivity index (χ3n) is 2.73. The first-order chi connectivity index (χ1) is 8.97. The molecule has 0 heterocycles. The van der Waals surface area contributed by atoms with Gasteiger partial charge in [0.15, 0.2) is 0 Å². The molecule has 0 atom stereocenters. The highest BCUT2D eigenvalue weighted by atomic mass is 79.9. The summed E-state index contributed by atoms with van der Waals surface area (Å²) in [5.41, 5.74) is 2.93. The number of hydrogen-bond donors (Lipinski definition) is 1. The Morgan fingerprint density at radius 3 is 2.42 bits per heavy atom. The van der Waals surface area contributed by atoms with Crippen LogP contribution in [0.2, 0.25) is 0 Å². The Hall–Kier alpha value is -0.390. The van der Waals surface area contributed by atoms with E-state index in [1.165, 1.54) is 6.07 Å². The number of rotatable bonds is 3. The Balaban J connectivity index is 2.14. The summed E-state index contributed by atoms with van der Waals surface area (Å²) in [6.45, 7) is 2.60. The molecule has 2 aromatic rings. The average molecular weight is 452 g/mol. The SMILES string of the molecule is Cc1cc(Br)c(F)cc1NCc1ccc(Br)c(Br)c1. The Bertz CT molecular complexity index is 614. The Morgan fingerprint density at radius 2 is 1.74 bits per heavy atom. The first-order valence-corrected chi connectivity index (χ1v) is 7.98. The summed E-state index contributed by atoms with van der Waals surface area (Å²) in [5.74, 6) is -0.259. The molecule has 2 aromatic carbocycles. The van der Waals surface area contributed by atoms with Crippen LogP contribution in [0, 0.1) is 12.7 Å². The number of hydrogen-bond acceptors (Lipinski definition) is 1. The second-order valence-corrected chi connectivity index (χ2v) is 6.75. The Morgan fingerprint density at radius 1 is 1.00 bits per heavy atom. The second kappa shape index (κ2) is 6.37. The van der Waals surface area contributed by atoms with Crippen LogP contribution >= 0.6 is 47.8 Å². The molecule has 100 valence electrons. The van der Waals surface area contributed by atoms with Crippen molar-refractivity contribution in [2.75, 3.05) is 5.32 Å². The maximum Gasteiger partial charge on any atom is 0.139 e. The lowest BCUT2D eigenvalue weighted by Crippen LogP contribution is -2.02. The quantitative estimate of drug-likeness (QED) is 0.600. The van der Waals surface area contributed by atoms with Crippen LogP contribution in [0.1, 0.15) is 11.1 Å². The lowest BCUT2D eigenvalue weighted by Gasteiger charge is -2.11. The van der Waals surface area contributed by atoms with Crippen LogP contribution in [0.15, 0.2) is 43.7 Å². The van der Waals surface area contributed by atoms with Crippen molar-refractivity contribution in [2.45, 2.75) is 13.5 Å². The topological polar surface area (TPSA) is 12.0 Å². The van der Waals surface area contributed by atoms with Gasteiger partial charge in [0, 0.05) is 21.2 Å². The highest BCUT2D eigenvalue weighted by Crippen LogP contribution is 2.26. The predicted molar refractivity (Wildman–Crippen MR) is 88.0 cm³/mol. The Labute approximate surface area is 137 Å². The molecule has 0 saturated heterocycles. The highest BCUT2D eigenvalue weighted by molar-refractivity contribution is 9.13. The van der Waals surface area contributed by atoms with E-state index in [0.717, 1.165) is 25.8 Å². The van der Waals surface area contributed by atoms with Gasteiger partial charge >= 0.3 is 0 Å². The van der Waals surface area contributed by atoms with Crippen LogP contribution in [-0.2, 0) is 6.54 Å². The van der Waals surface area contributed by atoms with Crippen molar-refractivity contribution >= 4 is 53.5 Å². The van der Waals surface area contributed by atoms with Crippen LogP contribution in [0.25, 0.3) is 0 Å². The van der Waals surface area contributed by atoms with E-state index in [2.05, 4.69) is 53.1 Å². The van der Waals surface area contributed by atoms with Gasteiger partial charge < -0.3 is 5.32 Å². The molecule has 0 aliphatic rings. The summed E-state index contributed by atoms with van der Waals surface area (Å²) in [4.78, 5) is 0. The molecule has 0 aliphatic heterocycles. The fourth-order valence-electron chi connectivity index (χ4n) is 1.68. The monoisotopic (exact) mass is 449 g/mol. The highest BCUT2D eigenvalue weighted by Gasteiger charge is 2.05. The molecule has 0 saturated carbocycles. The van der Waals surface area contributed by atoms with E-state index in [9.17, 15) is 4.39 Å². The third kappa shape index (κ3) is 3.80. The molecule has 0 radical (unpaired) electrons. The molecular weight excluding hydrogens is 441 g/mol. The minimum absolute atomic E-state index is 0.259. The predicted octanol–water partition coefficient (Wildman–Crippen LogP) is 6.03. The van der Waals surface area contributed by atoms with Gasteiger partial charge in [0.05, 0.1) is 4.47 Å². The second-order valence-electron chi connectivity index (χ2n) is 4.18. The van der Waals surface area contributed by atoms with Gasteiger partial charge in [0.2, 0.25) is 0 Å². The van der Waals surface area contributed by atoms with Crippen molar-refractivity contribution in [1.29, 1.82) is 0 Å². The molecule has 0 aliphatic carbocycles. The van der Waals surface area contributed by atoms with E-state index in [1.54, 1.807) is 6.07 Å². The van der Waals surface area contributed by atoms with Crippen molar-refractivity contribution in [3.8, 4) is 0 Å². The van der Waals surface area contributed by atoms with Crippen molar-refractivity contribution in [3.63, 3.8) is 0 Å². The van der Waals surface area contributed by atoms with Gasteiger partial charge in [-0.2, -0.15) is 0 Å². The molecule has 0 fully saturated rings. The van der Waals surface area contributed by atoms with Gasteiger partial charge in [-0.3, -0.25) is 0 Å². The smallest absolute Gasteiger partial charge is 0.139 e. The van der Waals surface area contributed by atoms with Crippen LogP contribution in [0.3, 0.4) is 0 Å². The van der Waals surface area contributed by atoms with Crippen molar-refractivity contribution < 1.29 is 4.39 Å². The number of aryl methyl sites for hydroxylation is 1. The maximum atomic E-state index is 13.5. The Kier molecular flexibility index (Phi) is 5.03. The van der Waals surface area contributed by atoms with Crippen LogP contribution in [0.4, 0.5) is 10.1 Å². The van der Waals surface area contributed by atoms with Gasteiger partial charge in [-0.15, -0.1) is 0 Å². The lowest BCUT2D eigenvalue weighted by molar-refractivity contribution is 0.621. The van der Waals surface area contributed by atoms with Gasteiger partial charge in [0.1, 0.15) is 5.82 Å². The van der Waals surface area contributed by atoms with Gasteiger partial charge in [-0.25, -0.2) is 4.39 Å². The molecule has 0 bridgehead atoms. The van der Waals surface area contributed by atoms with Crippen LogP contribution in [0.5, 0.6) is 0 Å². The molecule has 1 nitrogen and oxygen atoms in total. The molecule has 5 heteroatoms. The number of benzene rings is 2. The van der Waals surface area contributed by atoms with E-state index in [1.807, 2.05) is 25.1 Å². The normalized spacial score (nSPS) is 10.6. The average Bonchev–Trinajstić information content (AvgIpc) is 2.36. The van der Waals surface area contributed by atoms with Gasteiger partial charge in [-0.05, 0) is 90.1 Å². The molecule has 2 rings (SSSR count). The molecule has 0 spiro atoms. The van der Waals surface area contributed by atoms with E-state index in [-0.39, 0.29) is 5.82 Å². The molecule has 0 aromatic heterocycles. The summed E-state index contributed by atoms with van der Waals surface area (Å²) in [5, 5.41) is 3.25. The fourth-order valence-corrected chi connectivity index (χ4v) is 2.81. The van der Waals surface area contributed by atoms with Crippen molar-refractivity contribution in [2.24, 2.45) is 0 Å². The summed E-state index contributed by atoms with van der Waals surface area (Å²) in [6, 6.07) is 9.31. The third-order valence-corrected chi connectivity index (χ3v) is 5.22. The lowest BCUT2D eigenvalue weighted by atomic mass is 10.1. The number of nitrogens with one attached hydrogen (secondary N) is 1. The van der Waals surface area contributed by atoms with Crippen molar-refractivity contribution in [3.05, 3.63) is 60.7 Å². The van der Waals surface area contributed by atoms with E-state index >= 15 is 0 Å². The fraction of sp³-hybridized carbons (Fsp3) is 0.143. The minimum atomic E-state index is -0.259. The first-order valence-electron chi connectivity index (χ1n) is 5.61. The zero-order valence-electron chi connectivity index (χ0n) is 10.1. The summed E-state index contributed by atoms with van der Waals surface area (Å²) in [7, 11) is 0. The first kappa shape index (κ1) is 15.0. The summed E-state index contributed by atoms with van der Waals surface area (Å²) in [6.07, 6.45) is 0. The van der Waals surface area contributed by atoms with E-state index in [4.69, 9.17) is 0 Å². The zero-order chi connectivity index (χ0) is 14.0. The largest absolute Gasteiger partial charge is 0.381 e. The minimum Gasteiger partial charge on any atom is -0.381 e. The summed E-state index contributed by atoms with van der Waals surface area (Å²) < 4.78 is 16.0. The molecule has 0 amide bonds. The van der Waals surface area contributed by atoms with Crippen LogP contribution < -0.4 is 5.32 Å². The molecule has 19 heavy (non-hydrogen) atoms.